The Kier molecular flexibility index (Phi) is 6.24. The number of benzene rings is 1. The van der Waals surface area contributed by atoms with Gasteiger partial charge in [0.25, 0.3) is 5.91 Å². The average Bonchev–Trinajstić information content (AvgIpc) is 3.28. The Morgan fingerprint density at radius 1 is 1.21 bits per heavy atom. The van der Waals surface area contributed by atoms with Gasteiger partial charge in [-0.05, 0) is 19.1 Å². The molecule has 1 aromatic carbocycles. The van der Waals surface area contributed by atoms with Crippen LogP contribution in [0.1, 0.15) is 17.4 Å². The van der Waals surface area contributed by atoms with Crippen LogP contribution >= 0.6 is 46.1 Å². The fraction of sp³-hybridized carbons (Fsp3) is 0.176. The SMILES string of the molecule is CC(OC(=O)c1csc(-c2cnn(C)c2)n1)C(=O)Nc1cc(Cl)c(Cl)cc1Cl. The first-order valence-corrected chi connectivity index (χ1v) is 9.87. The summed E-state index contributed by atoms with van der Waals surface area (Å²) in [5, 5.41) is 9.50. The number of anilines is 1. The van der Waals surface area contributed by atoms with Crippen LogP contribution in [-0.2, 0) is 16.6 Å². The lowest BCUT2D eigenvalue weighted by molar-refractivity contribution is -0.123. The molecule has 0 aliphatic rings. The van der Waals surface area contributed by atoms with Crippen LogP contribution in [0.15, 0.2) is 29.9 Å². The second-order valence-corrected chi connectivity index (χ2v) is 7.80. The Morgan fingerprint density at radius 3 is 2.61 bits per heavy atom. The topological polar surface area (TPSA) is 86.1 Å². The molecular weight excluding hydrogens is 447 g/mol. The van der Waals surface area contributed by atoms with E-state index in [0.29, 0.717) is 5.01 Å². The van der Waals surface area contributed by atoms with Gasteiger partial charge in [0.1, 0.15) is 5.01 Å². The van der Waals surface area contributed by atoms with Crippen molar-refractivity contribution in [2.24, 2.45) is 7.05 Å². The minimum absolute atomic E-state index is 0.107. The van der Waals surface area contributed by atoms with E-state index < -0.39 is 18.0 Å². The molecule has 28 heavy (non-hydrogen) atoms. The minimum Gasteiger partial charge on any atom is -0.448 e. The van der Waals surface area contributed by atoms with Crippen molar-refractivity contribution in [3.05, 3.63) is 50.7 Å². The molecule has 0 fully saturated rings. The van der Waals surface area contributed by atoms with Gasteiger partial charge < -0.3 is 10.1 Å². The summed E-state index contributed by atoms with van der Waals surface area (Å²) < 4.78 is 6.82. The minimum atomic E-state index is -1.08. The first kappa shape index (κ1) is 20.6. The number of nitrogens with one attached hydrogen (secondary N) is 1. The van der Waals surface area contributed by atoms with Crippen molar-refractivity contribution >= 4 is 63.7 Å². The molecule has 0 bridgehead atoms. The normalized spacial score (nSPS) is 11.9. The number of esters is 1. The molecule has 1 amide bonds. The number of carbonyl (C=O) groups excluding carboxylic acids is 2. The van der Waals surface area contributed by atoms with Gasteiger partial charge in [-0.15, -0.1) is 11.3 Å². The average molecular weight is 460 g/mol. The van der Waals surface area contributed by atoms with E-state index in [2.05, 4.69) is 15.4 Å². The third kappa shape index (κ3) is 4.64. The van der Waals surface area contributed by atoms with Crippen molar-refractivity contribution in [3.63, 3.8) is 0 Å². The highest BCUT2D eigenvalue weighted by Gasteiger charge is 2.22. The molecule has 11 heteroatoms. The van der Waals surface area contributed by atoms with Crippen molar-refractivity contribution in [1.29, 1.82) is 0 Å². The summed E-state index contributed by atoms with van der Waals surface area (Å²) in [6.45, 7) is 1.44. The highest BCUT2D eigenvalue weighted by atomic mass is 35.5. The van der Waals surface area contributed by atoms with E-state index in [1.807, 2.05) is 0 Å². The van der Waals surface area contributed by atoms with Gasteiger partial charge in [0.05, 0.1) is 27.0 Å². The van der Waals surface area contributed by atoms with Crippen LogP contribution in [0.5, 0.6) is 0 Å². The van der Waals surface area contributed by atoms with E-state index in [9.17, 15) is 9.59 Å². The van der Waals surface area contributed by atoms with Crippen LogP contribution in [0, 0.1) is 0 Å². The number of hydrogen-bond acceptors (Lipinski definition) is 6. The number of halogens is 3. The summed E-state index contributed by atoms with van der Waals surface area (Å²) in [6.07, 6.45) is 2.34. The number of nitrogens with zero attached hydrogens (tertiary/aromatic N) is 3. The lowest BCUT2D eigenvalue weighted by Crippen LogP contribution is -2.30. The number of aryl methyl sites for hydroxylation is 1. The van der Waals surface area contributed by atoms with Crippen molar-refractivity contribution in [2.75, 3.05) is 5.32 Å². The molecule has 3 aromatic rings. The Labute approximate surface area is 179 Å². The summed E-state index contributed by atoms with van der Waals surface area (Å²) >= 11 is 19.1. The molecule has 146 valence electrons. The van der Waals surface area contributed by atoms with Gasteiger partial charge in [-0.3, -0.25) is 9.48 Å². The summed E-state index contributed by atoms with van der Waals surface area (Å²) in [5.74, 6) is -1.29. The molecule has 0 aliphatic carbocycles. The molecule has 1 unspecified atom stereocenters. The van der Waals surface area contributed by atoms with Gasteiger partial charge in [0.2, 0.25) is 0 Å². The van der Waals surface area contributed by atoms with Crippen LogP contribution in [0.25, 0.3) is 10.6 Å². The zero-order valence-electron chi connectivity index (χ0n) is 14.6. The molecule has 0 saturated carbocycles. The smallest absolute Gasteiger partial charge is 0.358 e. The van der Waals surface area contributed by atoms with Gasteiger partial charge in [0, 0.05) is 24.2 Å². The Hall–Kier alpha value is -2.13. The Bertz CT molecular complexity index is 1050. The number of thiazole rings is 1. The first-order chi connectivity index (χ1) is 13.2. The summed E-state index contributed by atoms with van der Waals surface area (Å²) in [4.78, 5) is 28.8. The monoisotopic (exact) mass is 458 g/mol. The number of rotatable bonds is 5. The van der Waals surface area contributed by atoms with Crippen LogP contribution in [0.3, 0.4) is 0 Å². The maximum atomic E-state index is 12.3. The predicted octanol–water partition coefficient (Wildman–Crippen LogP) is 4.69. The fourth-order valence-corrected chi connectivity index (χ4v) is 3.52. The lowest BCUT2D eigenvalue weighted by Gasteiger charge is -2.14. The van der Waals surface area contributed by atoms with E-state index in [-0.39, 0.29) is 26.4 Å². The Balaban J connectivity index is 1.65. The molecule has 0 saturated heterocycles. The van der Waals surface area contributed by atoms with Crippen molar-refractivity contribution in [3.8, 4) is 10.6 Å². The maximum absolute atomic E-state index is 12.3. The second-order valence-electron chi connectivity index (χ2n) is 5.72. The zero-order chi connectivity index (χ0) is 20.4. The van der Waals surface area contributed by atoms with E-state index in [4.69, 9.17) is 39.5 Å². The van der Waals surface area contributed by atoms with E-state index in [0.717, 1.165) is 5.56 Å². The van der Waals surface area contributed by atoms with E-state index in [1.54, 1.807) is 29.5 Å². The molecule has 0 spiro atoms. The third-order valence-electron chi connectivity index (χ3n) is 3.59. The molecule has 0 aliphatic heterocycles. The highest BCUT2D eigenvalue weighted by molar-refractivity contribution is 7.13. The molecular formula is C17H13Cl3N4O3S. The zero-order valence-corrected chi connectivity index (χ0v) is 17.7. The summed E-state index contributed by atoms with van der Waals surface area (Å²) in [6, 6.07) is 2.83. The van der Waals surface area contributed by atoms with Crippen LogP contribution in [0.4, 0.5) is 5.69 Å². The number of ether oxygens (including phenoxy) is 1. The standard InChI is InChI=1S/C17H13Cl3N4O3S/c1-8(15(25)22-13-4-11(19)10(18)3-12(13)20)27-17(26)14-7-28-16(23-14)9-5-21-24(2)6-9/h3-8H,1-2H3,(H,22,25). The highest BCUT2D eigenvalue weighted by Crippen LogP contribution is 2.32. The molecule has 2 heterocycles. The number of carbonyl (C=O) groups is 2. The second kappa shape index (κ2) is 8.48. The van der Waals surface area contributed by atoms with E-state index >= 15 is 0 Å². The quantitative estimate of drug-likeness (QED) is 0.442. The van der Waals surface area contributed by atoms with Gasteiger partial charge in [-0.25, -0.2) is 9.78 Å². The van der Waals surface area contributed by atoms with Crippen LogP contribution in [0.2, 0.25) is 15.1 Å². The first-order valence-electron chi connectivity index (χ1n) is 7.85. The van der Waals surface area contributed by atoms with Crippen molar-refractivity contribution in [1.82, 2.24) is 14.8 Å². The summed E-state index contributed by atoms with van der Waals surface area (Å²) in [5.41, 5.74) is 1.15. The van der Waals surface area contributed by atoms with Gasteiger partial charge in [-0.2, -0.15) is 5.10 Å². The lowest BCUT2D eigenvalue weighted by atomic mass is 10.3. The number of amides is 1. The van der Waals surface area contributed by atoms with Gasteiger partial charge >= 0.3 is 5.97 Å². The fourth-order valence-electron chi connectivity index (χ4n) is 2.16. The third-order valence-corrected chi connectivity index (χ3v) is 5.51. The molecule has 3 rings (SSSR count). The van der Waals surface area contributed by atoms with Gasteiger partial charge in [-0.1, -0.05) is 34.8 Å². The van der Waals surface area contributed by atoms with Crippen molar-refractivity contribution < 1.29 is 14.3 Å². The van der Waals surface area contributed by atoms with E-state index in [1.165, 1.54) is 30.4 Å². The summed E-state index contributed by atoms with van der Waals surface area (Å²) in [7, 11) is 1.78. The molecule has 1 N–H and O–H groups in total. The number of hydrogen-bond donors (Lipinski definition) is 1. The maximum Gasteiger partial charge on any atom is 0.358 e. The molecule has 0 radical (unpaired) electrons. The number of aromatic nitrogens is 3. The van der Waals surface area contributed by atoms with Crippen molar-refractivity contribution in [2.45, 2.75) is 13.0 Å². The van der Waals surface area contributed by atoms with Gasteiger partial charge in [0.15, 0.2) is 11.8 Å². The van der Waals surface area contributed by atoms with Crippen LogP contribution < -0.4 is 5.32 Å². The molecule has 1 atom stereocenters. The molecule has 7 nitrogen and oxygen atoms in total. The predicted molar refractivity (Wildman–Crippen MR) is 109 cm³/mol. The van der Waals surface area contributed by atoms with Crippen LogP contribution in [-0.4, -0.2) is 32.7 Å². The largest absolute Gasteiger partial charge is 0.448 e. The Morgan fingerprint density at radius 2 is 1.93 bits per heavy atom. The molecule has 2 aromatic heterocycles.